The first-order valence-electron chi connectivity index (χ1n) is 8.68. The molecule has 1 aromatic carbocycles. The van der Waals surface area contributed by atoms with Gasteiger partial charge in [-0.1, -0.05) is 50.3 Å². The molecule has 5 heteroatoms. The molecule has 2 aromatic rings. The molecule has 134 valence electrons. The van der Waals surface area contributed by atoms with Gasteiger partial charge >= 0.3 is 0 Å². The zero-order valence-electron chi connectivity index (χ0n) is 15.1. The summed E-state index contributed by atoms with van der Waals surface area (Å²) < 4.78 is 0. The number of Topliss-reactive ketones (excluding diaryl/α,β-unsaturated/α-hetero) is 1. The molecule has 26 heavy (non-hydrogen) atoms. The third kappa shape index (κ3) is 3.67. The standard InChI is InChI=1S/C21H23N3O2/c1-4-21(2,3)19-17(22-13-23-19)12-16-18(25)11-15(20(26)24-16)10-14-8-6-5-7-9-14/h4-9,12-13,15H,1,10-11H2,2-3H3,(H,22,23)(H,24,26)/b16-12-/t15-/m1/s1. The van der Waals surface area contributed by atoms with E-state index in [0.29, 0.717) is 17.8 Å². The molecule has 1 aliphatic heterocycles. The van der Waals surface area contributed by atoms with E-state index < -0.39 is 0 Å². The van der Waals surface area contributed by atoms with Crippen LogP contribution in [0.15, 0.2) is 55.0 Å². The number of imidazole rings is 1. The highest BCUT2D eigenvalue weighted by Gasteiger charge is 2.31. The smallest absolute Gasteiger partial charge is 0.228 e. The van der Waals surface area contributed by atoms with Gasteiger partial charge < -0.3 is 10.3 Å². The Balaban J connectivity index is 1.79. The molecule has 0 radical (unpaired) electrons. The van der Waals surface area contributed by atoms with Crippen molar-refractivity contribution in [3.05, 3.63) is 72.0 Å². The molecule has 0 spiro atoms. The second-order valence-corrected chi connectivity index (χ2v) is 7.15. The minimum atomic E-state index is -0.342. The maximum absolute atomic E-state index is 12.6. The molecule has 1 atom stereocenters. The normalized spacial score (nSPS) is 19.5. The van der Waals surface area contributed by atoms with E-state index in [2.05, 4.69) is 21.9 Å². The first-order valence-corrected chi connectivity index (χ1v) is 8.68. The number of H-pyrrole nitrogens is 1. The van der Waals surface area contributed by atoms with Gasteiger partial charge in [0.15, 0.2) is 5.78 Å². The summed E-state index contributed by atoms with van der Waals surface area (Å²) in [6.45, 7) is 7.86. The van der Waals surface area contributed by atoms with Crippen LogP contribution in [-0.2, 0) is 21.4 Å². The molecule has 3 rings (SSSR count). The number of hydrogen-bond donors (Lipinski definition) is 2. The molecule has 1 aliphatic rings. The molecule has 5 nitrogen and oxygen atoms in total. The van der Waals surface area contributed by atoms with Crippen molar-refractivity contribution in [1.82, 2.24) is 15.3 Å². The molecule has 2 heterocycles. The lowest BCUT2D eigenvalue weighted by Gasteiger charge is -2.24. The van der Waals surface area contributed by atoms with E-state index in [1.54, 1.807) is 12.4 Å². The lowest BCUT2D eigenvalue weighted by atomic mass is 9.87. The number of nitrogens with one attached hydrogen (secondary N) is 2. The molecule has 1 aromatic heterocycles. The molecule has 1 amide bonds. The molecule has 1 fully saturated rings. The average molecular weight is 349 g/mol. The Morgan fingerprint density at radius 2 is 2.00 bits per heavy atom. The van der Waals surface area contributed by atoms with E-state index in [1.165, 1.54) is 0 Å². The monoisotopic (exact) mass is 349 g/mol. The topological polar surface area (TPSA) is 74.8 Å². The van der Waals surface area contributed by atoms with Crippen LogP contribution in [0.2, 0.25) is 0 Å². The van der Waals surface area contributed by atoms with Crippen LogP contribution in [0.1, 0.15) is 37.2 Å². The zero-order valence-corrected chi connectivity index (χ0v) is 15.1. The molecule has 0 unspecified atom stereocenters. The predicted molar refractivity (Wildman–Crippen MR) is 101 cm³/mol. The Morgan fingerprint density at radius 3 is 2.69 bits per heavy atom. The van der Waals surface area contributed by atoms with Crippen molar-refractivity contribution in [2.24, 2.45) is 5.92 Å². The number of benzene rings is 1. The lowest BCUT2D eigenvalue weighted by Crippen LogP contribution is -2.41. The quantitative estimate of drug-likeness (QED) is 0.643. The number of piperidine rings is 1. The van der Waals surface area contributed by atoms with Crippen LogP contribution in [0.5, 0.6) is 0 Å². The Bertz CT molecular complexity index is 862. The van der Waals surface area contributed by atoms with Crippen molar-refractivity contribution in [3.8, 4) is 0 Å². The summed E-state index contributed by atoms with van der Waals surface area (Å²) in [5.74, 6) is -0.541. The molecule has 0 saturated carbocycles. The maximum Gasteiger partial charge on any atom is 0.228 e. The minimum absolute atomic E-state index is 0.0732. The third-order valence-electron chi connectivity index (χ3n) is 4.79. The Morgan fingerprint density at radius 1 is 1.27 bits per heavy atom. The van der Waals surface area contributed by atoms with Gasteiger partial charge in [-0.3, -0.25) is 9.59 Å². The SMILES string of the molecule is C=CC(C)(C)c1[nH]cnc1/C=C1\NC(=O)[C@H](Cc2ccccc2)CC1=O. The number of ketones is 1. The Kier molecular flexibility index (Phi) is 4.89. The third-order valence-corrected chi connectivity index (χ3v) is 4.79. The van der Waals surface area contributed by atoms with Crippen molar-refractivity contribution < 1.29 is 9.59 Å². The van der Waals surface area contributed by atoms with Crippen LogP contribution < -0.4 is 5.32 Å². The molecule has 0 bridgehead atoms. The van der Waals surface area contributed by atoms with Gasteiger partial charge in [0.1, 0.15) is 0 Å². The number of nitrogens with zero attached hydrogens (tertiary/aromatic N) is 1. The van der Waals surface area contributed by atoms with Crippen LogP contribution in [-0.4, -0.2) is 21.7 Å². The summed E-state index contributed by atoms with van der Waals surface area (Å²) in [5, 5.41) is 2.76. The second kappa shape index (κ2) is 7.12. The van der Waals surface area contributed by atoms with Crippen molar-refractivity contribution in [1.29, 1.82) is 0 Å². The molecule has 0 aliphatic carbocycles. The van der Waals surface area contributed by atoms with Gasteiger partial charge in [0, 0.05) is 17.8 Å². The van der Waals surface area contributed by atoms with Crippen LogP contribution in [0.25, 0.3) is 6.08 Å². The van der Waals surface area contributed by atoms with E-state index in [9.17, 15) is 9.59 Å². The summed E-state index contributed by atoms with van der Waals surface area (Å²) in [7, 11) is 0. The van der Waals surface area contributed by atoms with Crippen molar-refractivity contribution in [2.75, 3.05) is 0 Å². The summed E-state index contributed by atoms with van der Waals surface area (Å²) in [4.78, 5) is 32.4. The van der Waals surface area contributed by atoms with Crippen molar-refractivity contribution in [3.63, 3.8) is 0 Å². The highest BCUT2D eigenvalue weighted by atomic mass is 16.2. The van der Waals surface area contributed by atoms with E-state index in [-0.39, 0.29) is 29.4 Å². The average Bonchev–Trinajstić information content (AvgIpc) is 3.09. The van der Waals surface area contributed by atoms with Crippen LogP contribution >= 0.6 is 0 Å². The number of amides is 1. The maximum atomic E-state index is 12.6. The summed E-state index contributed by atoms with van der Waals surface area (Å²) in [6, 6.07) is 9.74. The number of rotatable bonds is 5. The number of aromatic nitrogens is 2. The highest BCUT2D eigenvalue weighted by molar-refractivity contribution is 6.07. The first-order chi connectivity index (χ1) is 12.4. The fourth-order valence-electron chi connectivity index (χ4n) is 3.08. The number of aromatic amines is 1. The van der Waals surface area contributed by atoms with E-state index in [1.807, 2.05) is 50.3 Å². The van der Waals surface area contributed by atoms with Crippen molar-refractivity contribution in [2.45, 2.75) is 32.1 Å². The van der Waals surface area contributed by atoms with Gasteiger partial charge in [-0.25, -0.2) is 4.98 Å². The fourth-order valence-corrected chi connectivity index (χ4v) is 3.08. The van der Waals surface area contributed by atoms with E-state index in [0.717, 1.165) is 11.3 Å². The first kappa shape index (κ1) is 17.9. The number of hydrogen-bond acceptors (Lipinski definition) is 3. The highest BCUT2D eigenvalue weighted by Crippen LogP contribution is 2.27. The number of carbonyl (C=O) groups is 2. The summed E-state index contributed by atoms with van der Waals surface area (Å²) in [6.07, 6.45) is 5.82. The van der Waals surface area contributed by atoms with Gasteiger partial charge in [0.25, 0.3) is 0 Å². The number of carbonyl (C=O) groups excluding carboxylic acids is 2. The van der Waals surface area contributed by atoms with Crippen LogP contribution in [0.3, 0.4) is 0 Å². The van der Waals surface area contributed by atoms with Crippen molar-refractivity contribution >= 4 is 17.8 Å². The Hall–Kier alpha value is -2.95. The largest absolute Gasteiger partial charge is 0.347 e. The predicted octanol–water partition coefficient (Wildman–Crippen LogP) is 3.16. The Labute approximate surface area is 153 Å². The molecular formula is C21H23N3O2. The second-order valence-electron chi connectivity index (χ2n) is 7.15. The molecular weight excluding hydrogens is 326 g/mol. The van der Waals surface area contributed by atoms with Crippen LogP contribution in [0.4, 0.5) is 0 Å². The molecule has 2 N–H and O–H groups in total. The summed E-state index contributed by atoms with van der Waals surface area (Å²) >= 11 is 0. The van der Waals surface area contributed by atoms with E-state index in [4.69, 9.17) is 0 Å². The number of allylic oxidation sites excluding steroid dienone is 2. The molecule has 1 saturated heterocycles. The van der Waals surface area contributed by atoms with Gasteiger partial charge in [-0.2, -0.15) is 0 Å². The minimum Gasteiger partial charge on any atom is -0.347 e. The summed E-state index contributed by atoms with van der Waals surface area (Å²) in [5.41, 5.74) is 2.52. The van der Waals surface area contributed by atoms with Gasteiger partial charge in [-0.05, 0) is 18.1 Å². The van der Waals surface area contributed by atoms with Gasteiger partial charge in [-0.15, -0.1) is 6.58 Å². The van der Waals surface area contributed by atoms with Crippen LogP contribution in [0, 0.1) is 5.92 Å². The van der Waals surface area contributed by atoms with Gasteiger partial charge in [0.05, 0.1) is 23.4 Å². The zero-order chi connectivity index (χ0) is 18.7. The van der Waals surface area contributed by atoms with E-state index >= 15 is 0 Å². The fraction of sp³-hybridized carbons (Fsp3) is 0.286. The lowest BCUT2D eigenvalue weighted by molar-refractivity contribution is -0.131. The van der Waals surface area contributed by atoms with Gasteiger partial charge in [0.2, 0.25) is 5.91 Å².